The van der Waals surface area contributed by atoms with Crippen molar-refractivity contribution in [2.75, 3.05) is 24.3 Å². The number of nitrogens with two attached hydrogens (primary N) is 1. The number of nitrogen functional groups attached to an aromatic ring is 1. The fraction of sp³-hybridized carbons (Fsp3) is 0.571. The van der Waals surface area contributed by atoms with Crippen LogP contribution in [-0.2, 0) is 19.9 Å². The molecule has 0 unspecified atom stereocenters. The predicted molar refractivity (Wildman–Crippen MR) is 62.5 cm³/mol. The summed E-state index contributed by atoms with van der Waals surface area (Å²) in [5.74, 6) is -0.128. The first-order chi connectivity index (χ1) is 7.72. The highest BCUT2D eigenvalue weighted by molar-refractivity contribution is 7.90. The molecule has 98 valence electrons. The quantitative estimate of drug-likeness (QED) is 0.555. The van der Waals surface area contributed by atoms with Crippen LogP contribution in [-0.4, -0.2) is 45.6 Å². The van der Waals surface area contributed by atoms with Crippen molar-refractivity contribution in [1.82, 2.24) is 14.9 Å². The third-order valence-corrected chi connectivity index (χ3v) is 4.42. The zero-order chi connectivity index (χ0) is 13.1. The van der Waals surface area contributed by atoms with Crippen molar-refractivity contribution in [3.05, 3.63) is 6.20 Å². The van der Waals surface area contributed by atoms with Crippen LogP contribution in [0.2, 0.25) is 0 Å². The van der Waals surface area contributed by atoms with Gasteiger partial charge in [-0.25, -0.2) is 21.6 Å². The Balaban J connectivity index is 2.55. The largest absolute Gasteiger partial charge is 0.383 e. The van der Waals surface area contributed by atoms with Crippen molar-refractivity contribution >= 4 is 25.7 Å². The summed E-state index contributed by atoms with van der Waals surface area (Å²) in [5, 5.41) is 5.79. The first kappa shape index (κ1) is 13.9. The molecule has 4 N–H and O–H groups in total. The summed E-state index contributed by atoms with van der Waals surface area (Å²) in [4.78, 5) is -0.142. The molecular formula is C7H14N4O4S2. The maximum absolute atomic E-state index is 11.6. The second kappa shape index (κ2) is 5.02. The molecule has 0 aromatic carbocycles. The maximum Gasteiger partial charge on any atom is 0.245 e. The van der Waals surface area contributed by atoms with E-state index in [9.17, 15) is 16.8 Å². The lowest BCUT2D eigenvalue weighted by Gasteiger charge is -2.04. The molecule has 8 nitrogen and oxygen atoms in total. The normalized spacial score (nSPS) is 12.8. The van der Waals surface area contributed by atoms with Gasteiger partial charge in [0.05, 0.1) is 11.9 Å². The molecule has 0 saturated carbocycles. The number of aromatic amines is 1. The van der Waals surface area contributed by atoms with Crippen molar-refractivity contribution in [3.63, 3.8) is 0 Å². The number of nitrogens with zero attached hydrogens (tertiary/aromatic N) is 1. The highest BCUT2D eigenvalue weighted by Gasteiger charge is 2.18. The molecule has 0 saturated heterocycles. The Hall–Kier alpha value is -1.13. The van der Waals surface area contributed by atoms with Gasteiger partial charge in [0.15, 0.2) is 0 Å². The highest BCUT2D eigenvalue weighted by Crippen LogP contribution is 2.13. The number of sulfone groups is 1. The molecule has 0 amide bonds. The standard InChI is InChI=1S/C7H14N4O4S2/c1-16(12,13)4-2-3-10-17(14,15)6-5-9-11-7(6)8/h5,10H,2-4H2,1H3,(H3,8,9,11). The second-order valence-corrected chi connectivity index (χ2v) is 7.52. The van der Waals surface area contributed by atoms with E-state index in [-0.39, 0.29) is 29.4 Å². The van der Waals surface area contributed by atoms with Gasteiger partial charge in [0.2, 0.25) is 10.0 Å². The van der Waals surface area contributed by atoms with E-state index in [0.29, 0.717) is 0 Å². The zero-order valence-electron chi connectivity index (χ0n) is 9.17. The van der Waals surface area contributed by atoms with Crippen LogP contribution in [0.1, 0.15) is 6.42 Å². The van der Waals surface area contributed by atoms with Crippen LogP contribution in [0, 0.1) is 0 Å². The summed E-state index contributed by atoms with van der Waals surface area (Å²) in [6, 6.07) is 0. The number of H-pyrrole nitrogens is 1. The molecule has 17 heavy (non-hydrogen) atoms. The van der Waals surface area contributed by atoms with Crippen molar-refractivity contribution in [2.45, 2.75) is 11.3 Å². The van der Waals surface area contributed by atoms with E-state index in [1.807, 2.05) is 0 Å². The molecule has 0 aliphatic rings. The van der Waals surface area contributed by atoms with Crippen LogP contribution < -0.4 is 10.5 Å². The molecule has 10 heteroatoms. The molecular weight excluding hydrogens is 268 g/mol. The van der Waals surface area contributed by atoms with Gasteiger partial charge in [-0.15, -0.1) is 0 Å². The van der Waals surface area contributed by atoms with Gasteiger partial charge in [-0.3, -0.25) is 5.10 Å². The fourth-order valence-electron chi connectivity index (χ4n) is 1.12. The Morgan fingerprint density at radius 1 is 1.41 bits per heavy atom. The smallest absolute Gasteiger partial charge is 0.245 e. The third kappa shape index (κ3) is 4.32. The highest BCUT2D eigenvalue weighted by atomic mass is 32.2. The van der Waals surface area contributed by atoms with Crippen LogP contribution in [0.5, 0.6) is 0 Å². The van der Waals surface area contributed by atoms with E-state index >= 15 is 0 Å². The first-order valence-electron chi connectivity index (χ1n) is 4.68. The topological polar surface area (TPSA) is 135 Å². The van der Waals surface area contributed by atoms with Gasteiger partial charge in [-0.1, -0.05) is 0 Å². The van der Waals surface area contributed by atoms with Gasteiger partial charge in [-0.2, -0.15) is 5.10 Å². The summed E-state index contributed by atoms with van der Waals surface area (Å²) in [6.45, 7) is 0.0278. The van der Waals surface area contributed by atoms with Gasteiger partial charge in [0, 0.05) is 12.8 Å². The number of rotatable bonds is 6. The number of hydrogen-bond acceptors (Lipinski definition) is 6. The molecule has 0 atom stereocenters. The Bertz CT molecular complexity index is 575. The van der Waals surface area contributed by atoms with Crippen molar-refractivity contribution in [3.8, 4) is 0 Å². The summed E-state index contributed by atoms with van der Waals surface area (Å²) in [5.41, 5.74) is 5.37. The van der Waals surface area contributed by atoms with Crippen LogP contribution >= 0.6 is 0 Å². The van der Waals surface area contributed by atoms with E-state index in [2.05, 4.69) is 14.9 Å². The minimum atomic E-state index is -3.73. The lowest BCUT2D eigenvalue weighted by Crippen LogP contribution is -2.26. The van der Waals surface area contributed by atoms with E-state index in [1.165, 1.54) is 0 Å². The SMILES string of the molecule is CS(=O)(=O)CCCNS(=O)(=O)c1cn[nH]c1N. The van der Waals surface area contributed by atoms with Crippen molar-refractivity contribution in [1.29, 1.82) is 0 Å². The Morgan fingerprint density at radius 3 is 2.53 bits per heavy atom. The van der Waals surface area contributed by atoms with E-state index in [4.69, 9.17) is 5.73 Å². The molecule has 0 radical (unpaired) electrons. The summed E-state index contributed by atoms with van der Waals surface area (Å²) in [6.07, 6.45) is 2.39. The molecule has 0 aliphatic heterocycles. The molecule has 1 aromatic heterocycles. The van der Waals surface area contributed by atoms with E-state index in [0.717, 1.165) is 12.5 Å². The third-order valence-electron chi connectivity index (χ3n) is 1.91. The maximum atomic E-state index is 11.6. The number of aromatic nitrogens is 2. The van der Waals surface area contributed by atoms with Crippen LogP contribution in [0.4, 0.5) is 5.82 Å². The Kier molecular flexibility index (Phi) is 4.11. The fourth-order valence-corrected chi connectivity index (χ4v) is 2.88. The lowest BCUT2D eigenvalue weighted by atomic mass is 10.5. The molecule has 1 heterocycles. The lowest BCUT2D eigenvalue weighted by molar-refractivity contribution is 0.578. The average molecular weight is 282 g/mol. The van der Waals surface area contributed by atoms with Gasteiger partial charge in [0.25, 0.3) is 0 Å². The average Bonchev–Trinajstić information content (AvgIpc) is 2.58. The van der Waals surface area contributed by atoms with Crippen LogP contribution in [0.15, 0.2) is 11.1 Å². The zero-order valence-corrected chi connectivity index (χ0v) is 10.8. The van der Waals surface area contributed by atoms with Gasteiger partial charge < -0.3 is 5.73 Å². The molecule has 0 spiro atoms. The monoisotopic (exact) mass is 282 g/mol. The second-order valence-electron chi connectivity index (χ2n) is 3.53. The molecule has 0 fully saturated rings. The Morgan fingerprint density at radius 2 is 2.06 bits per heavy atom. The number of hydrogen-bond donors (Lipinski definition) is 3. The molecule has 1 aromatic rings. The molecule has 0 aliphatic carbocycles. The minimum Gasteiger partial charge on any atom is -0.383 e. The predicted octanol–water partition coefficient (Wildman–Crippen LogP) is -1.30. The van der Waals surface area contributed by atoms with E-state index in [1.54, 1.807) is 0 Å². The molecule has 0 bridgehead atoms. The van der Waals surface area contributed by atoms with E-state index < -0.39 is 19.9 Å². The number of anilines is 1. The summed E-state index contributed by atoms with van der Waals surface area (Å²) < 4.78 is 47.2. The minimum absolute atomic E-state index is 0.0278. The van der Waals surface area contributed by atoms with Crippen molar-refractivity contribution < 1.29 is 16.8 Å². The summed E-state index contributed by atoms with van der Waals surface area (Å²) in [7, 11) is -6.81. The Labute approximate surface area is 99.6 Å². The summed E-state index contributed by atoms with van der Waals surface area (Å²) >= 11 is 0. The number of nitrogens with one attached hydrogen (secondary N) is 2. The van der Waals surface area contributed by atoms with Crippen molar-refractivity contribution in [2.24, 2.45) is 0 Å². The van der Waals surface area contributed by atoms with Gasteiger partial charge in [0.1, 0.15) is 20.6 Å². The first-order valence-corrected chi connectivity index (χ1v) is 8.23. The number of sulfonamides is 1. The molecule has 1 rings (SSSR count). The van der Waals surface area contributed by atoms with Gasteiger partial charge >= 0.3 is 0 Å². The van der Waals surface area contributed by atoms with Gasteiger partial charge in [-0.05, 0) is 6.42 Å². The van der Waals surface area contributed by atoms with Crippen LogP contribution in [0.25, 0.3) is 0 Å². The van der Waals surface area contributed by atoms with Crippen LogP contribution in [0.3, 0.4) is 0 Å².